The van der Waals surface area contributed by atoms with Crippen LogP contribution in [0.1, 0.15) is 27.2 Å². The second kappa shape index (κ2) is 5.03. The number of Topliss-reactive ketones (excluding diaryl/α,β-unsaturated/α-hetero) is 1. The van der Waals surface area contributed by atoms with Crippen molar-refractivity contribution in [3.05, 3.63) is 52.0 Å². The molecule has 0 N–H and O–H groups in total. The van der Waals surface area contributed by atoms with Crippen LogP contribution < -0.4 is 0 Å². The first-order chi connectivity index (χ1) is 7.77. The zero-order valence-corrected chi connectivity index (χ0v) is 9.96. The Bertz CT molecular complexity index is 476. The highest BCUT2D eigenvalue weighted by molar-refractivity contribution is 7.09. The van der Waals surface area contributed by atoms with Crippen LogP contribution in [0.25, 0.3) is 0 Å². The van der Waals surface area contributed by atoms with Gasteiger partial charge in [-0.05, 0) is 36.4 Å². The summed E-state index contributed by atoms with van der Waals surface area (Å²) in [5.74, 6) is 0.202. The highest BCUT2D eigenvalue weighted by Crippen LogP contribution is 2.14. The lowest BCUT2D eigenvalue weighted by Gasteiger charge is -2.02. The van der Waals surface area contributed by atoms with E-state index in [2.05, 4.69) is 11.1 Å². The van der Waals surface area contributed by atoms with Gasteiger partial charge in [-0.2, -0.15) is 0 Å². The molecule has 2 aromatic heterocycles. The van der Waals surface area contributed by atoms with E-state index in [9.17, 15) is 4.79 Å². The lowest BCUT2D eigenvalue weighted by Crippen LogP contribution is -2.03. The number of nitrogens with zero attached hydrogens (tertiary/aromatic N) is 1. The fourth-order valence-corrected chi connectivity index (χ4v) is 2.32. The molecular weight excluding hydrogens is 218 g/mol. The fourth-order valence-electron chi connectivity index (χ4n) is 1.61. The number of pyridine rings is 1. The third-order valence-electron chi connectivity index (χ3n) is 2.50. The first kappa shape index (κ1) is 11.0. The van der Waals surface area contributed by atoms with Crippen LogP contribution in [0.15, 0.2) is 36.0 Å². The summed E-state index contributed by atoms with van der Waals surface area (Å²) in [5.41, 5.74) is 1.75. The van der Waals surface area contributed by atoms with Crippen molar-refractivity contribution in [2.75, 3.05) is 0 Å². The predicted octanol–water partition coefficient (Wildman–Crippen LogP) is 3.27. The topological polar surface area (TPSA) is 30.0 Å². The van der Waals surface area contributed by atoms with Crippen molar-refractivity contribution < 1.29 is 4.79 Å². The van der Waals surface area contributed by atoms with Crippen LogP contribution in [-0.2, 0) is 6.42 Å². The first-order valence-electron chi connectivity index (χ1n) is 5.23. The van der Waals surface area contributed by atoms with Crippen molar-refractivity contribution >= 4 is 17.1 Å². The number of thiophene rings is 1. The Morgan fingerprint density at radius 1 is 1.44 bits per heavy atom. The number of hydrogen-bond donors (Lipinski definition) is 0. The van der Waals surface area contributed by atoms with Crippen LogP contribution in [-0.4, -0.2) is 10.8 Å². The maximum absolute atomic E-state index is 11.9. The van der Waals surface area contributed by atoms with E-state index in [0.29, 0.717) is 6.42 Å². The third kappa shape index (κ3) is 2.55. The number of carbonyl (C=O) groups is 1. The van der Waals surface area contributed by atoms with Crippen molar-refractivity contribution in [1.82, 2.24) is 4.98 Å². The van der Waals surface area contributed by atoms with Gasteiger partial charge in [0.05, 0.1) is 0 Å². The lowest BCUT2D eigenvalue weighted by atomic mass is 10.0. The molecule has 0 saturated carbocycles. The Balaban J connectivity index is 2.01. The first-order valence-corrected chi connectivity index (χ1v) is 6.11. The number of hydrogen-bond acceptors (Lipinski definition) is 3. The molecule has 3 heteroatoms. The number of aromatic nitrogens is 1. The van der Waals surface area contributed by atoms with Gasteiger partial charge in [0, 0.05) is 29.3 Å². The fraction of sp³-hybridized carbons (Fsp3) is 0.231. The standard InChI is InChI=1S/C13H13NOS/c1-10-9-14-7-6-12(10)13(15)5-4-11-3-2-8-16-11/h2-3,6-9H,4-5H2,1H3. The smallest absolute Gasteiger partial charge is 0.163 e. The van der Waals surface area contributed by atoms with Gasteiger partial charge >= 0.3 is 0 Å². The Morgan fingerprint density at radius 3 is 3.00 bits per heavy atom. The quantitative estimate of drug-likeness (QED) is 0.756. The van der Waals surface area contributed by atoms with Gasteiger partial charge in [-0.25, -0.2) is 0 Å². The largest absolute Gasteiger partial charge is 0.294 e. The molecule has 2 rings (SSSR count). The second-order valence-electron chi connectivity index (χ2n) is 3.69. The molecule has 0 aliphatic rings. The summed E-state index contributed by atoms with van der Waals surface area (Å²) >= 11 is 1.70. The van der Waals surface area contributed by atoms with Crippen LogP contribution in [0.2, 0.25) is 0 Å². The van der Waals surface area contributed by atoms with Crippen molar-refractivity contribution in [3.8, 4) is 0 Å². The van der Waals surface area contributed by atoms with Crippen LogP contribution in [0.4, 0.5) is 0 Å². The van der Waals surface area contributed by atoms with Crippen molar-refractivity contribution in [2.45, 2.75) is 19.8 Å². The molecule has 16 heavy (non-hydrogen) atoms. The van der Waals surface area contributed by atoms with E-state index in [1.807, 2.05) is 18.4 Å². The van der Waals surface area contributed by atoms with Gasteiger partial charge in [-0.1, -0.05) is 6.07 Å². The second-order valence-corrected chi connectivity index (χ2v) is 4.73. The van der Waals surface area contributed by atoms with E-state index < -0.39 is 0 Å². The Morgan fingerprint density at radius 2 is 2.31 bits per heavy atom. The molecule has 0 aliphatic heterocycles. The van der Waals surface area contributed by atoms with Crippen molar-refractivity contribution in [3.63, 3.8) is 0 Å². The minimum Gasteiger partial charge on any atom is -0.294 e. The summed E-state index contributed by atoms with van der Waals surface area (Å²) in [6.45, 7) is 1.92. The van der Waals surface area contributed by atoms with Crippen LogP contribution >= 0.6 is 11.3 Å². The Labute approximate surface area is 99.0 Å². The van der Waals surface area contributed by atoms with Crippen LogP contribution in [0.5, 0.6) is 0 Å². The number of aryl methyl sites for hydroxylation is 2. The minimum absolute atomic E-state index is 0.202. The van der Waals surface area contributed by atoms with E-state index in [-0.39, 0.29) is 5.78 Å². The van der Waals surface area contributed by atoms with Gasteiger partial charge in [-0.3, -0.25) is 9.78 Å². The van der Waals surface area contributed by atoms with E-state index in [1.165, 1.54) is 4.88 Å². The molecule has 2 aromatic rings. The maximum Gasteiger partial charge on any atom is 0.163 e. The van der Waals surface area contributed by atoms with Crippen molar-refractivity contribution in [2.24, 2.45) is 0 Å². The number of rotatable bonds is 4. The molecule has 0 aromatic carbocycles. The van der Waals surface area contributed by atoms with Crippen LogP contribution in [0.3, 0.4) is 0 Å². The van der Waals surface area contributed by atoms with E-state index >= 15 is 0 Å². The maximum atomic E-state index is 11.9. The molecule has 0 unspecified atom stereocenters. The van der Waals surface area contributed by atoms with Gasteiger partial charge in [0.25, 0.3) is 0 Å². The molecule has 82 valence electrons. The molecule has 0 aliphatic carbocycles. The summed E-state index contributed by atoms with van der Waals surface area (Å²) in [4.78, 5) is 17.2. The van der Waals surface area contributed by atoms with Gasteiger partial charge in [0.2, 0.25) is 0 Å². The molecule has 2 heterocycles. The molecule has 0 radical (unpaired) electrons. The molecular formula is C13H13NOS. The number of carbonyl (C=O) groups excluding carboxylic acids is 1. The Hall–Kier alpha value is -1.48. The highest BCUT2D eigenvalue weighted by Gasteiger charge is 2.08. The zero-order valence-electron chi connectivity index (χ0n) is 9.14. The third-order valence-corrected chi connectivity index (χ3v) is 3.44. The highest BCUT2D eigenvalue weighted by atomic mass is 32.1. The lowest BCUT2D eigenvalue weighted by molar-refractivity contribution is 0.0982. The minimum atomic E-state index is 0.202. The summed E-state index contributed by atoms with van der Waals surface area (Å²) in [5, 5.41) is 2.04. The molecule has 0 amide bonds. The summed E-state index contributed by atoms with van der Waals surface area (Å²) in [6, 6.07) is 5.88. The predicted molar refractivity (Wildman–Crippen MR) is 65.9 cm³/mol. The normalized spacial score (nSPS) is 10.3. The summed E-state index contributed by atoms with van der Waals surface area (Å²) < 4.78 is 0. The van der Waals surface area contributed by atoms with Crippen molar-refractivity contribution in [1.29, 1.82) is 0 Å². The van der Waals surface area contributed by atoms with E-state index in [4.69, 9.17) is 0 Å². The molecule has 2 nitrogen and oxygen atoms in total. The number of ketones is 1. The zero-order chi connectivity index (χ0) is 11.4. The van der Waals surface area contributed by atoms with Gasteiger partial charge < -0.3 is 0 Å². The SMILES string of the molecule is Cc1cnccc1C(=O)CCc1cccs1. The Kier molecular flexibility index (Phi) is 3.47. The average Bonchev–Trinajstić information content (AvgIpc) is 2.79. The molecule has 0 spiro atoms. The van der Waals surface area contributed by atoms with Gasteiger partial charge in [0.1, 0.15) is 0 Å². The monoisotopic (exact) mass is 231 g/mol. The summed E-state index contributed by atoms with van der Waals surface area (Å²) in [7, 11) is 0. The van der Waals surface area contributed by atoms with Gasteiger partial charge in [-0.15, -0.1) is 11.3 Å². The molecule has 0 saturated heterocycles. The summed E-state index contributed by atoms with van der Waals surface area (Å²) in [6.07, 6.45) is 4.81. The van der Waals surface area contributed by atoms with E-state index in [1.54, 1.807) is 29.8 Å². The van der Waals surface area contributed by atoms with E-state index in [0.717, 1.165) is 17.5 Å². The molecule has 0 fully saturated rings. The molecule has 0 bridgehead atoms. The average molecular weight is 231 g/mol. The van der Waals surface area contributed by atoms with Crippen LogP contribution in [0, 0.1) is 6.92 Å². The molecule has 0 atom stereocenters. The van der Waals surface area contributed by atoms with Gasteiger partial charge in [0.15, 0.2) is 5.78 Å².